The first-order valence-electron chi connectivity index (χ1n) is 6.31. The molecule has 0 fully saturated rings. The van der Waals surface area contributed by atoms with Gasteiger partial charge in [-0.15, -0.1) is 0 Å². The van der Waals surface area contributed by atoms with Gasteiger partial charge in [0.25, 0.3) is 0 Å². The van der Waals surface area contributed by atoms with E-state index in [1.807, 2.05) is 0 Å². The van der Waals surface area contributed by atoms with E-state index in [4.69, 9.17) is 0 Å². The first-order valence-corrected chi connectivity index (χ1v) is 16.3. The molecular weight excluding hydrogens is 311 g/mol. The van der Waals surface area contributed by atoms with E-state index in [1.54, 1.807) is 3.58 Å². The standard InChI is InChI=1S/C13H13.3CH3.Sn/c1-9-7-11(3)12-6-4-5-10(2)13(12)8-9;;;;/h5-8H,1-3H3;3*1H3;. The average Bonchev–Trinajstić information content (AvgIpc) is 2.17. The summed E-state index contributed by atoms with van der Waals surface area (Å²) in [6.07, 6.45) is 0. The normalized spacial score (nSPS) is 12.1. The van der Waals surface area contributed by atoms with Crippen molar-refractivity contribution in [3.8, 4) is 0 Å². The van der Waals surface area contributed by atoms with E-state index in [2.05, 4.69) is 59.9 Å². The summed E-state index contributed by atoms with van der Waals surface area (Å²) in [4.78, 5) is 7.45. The Kier molecular flexibility index (Phi) is 3.28. The first-order chi connectivity index (χ1) is 7.79. The second kappa shape index (κ2) is 4.31. The van der Waals surface area contributed by atoms with Gasteiger partial charge < -0.3 is 0 Å². The Morgan fingerprint density at radius 3 is 1.82 bits per heavy atom. The fourth-order valence-electron chi connectivity index (χ4n) is 2.44. The molecule has 90 valence electrons. The third-order valence-corrected chi connectivity index (χ3v) is 9.26. The van der Waals surface area contributed by atoms with Gasteiger partial charge in [-0.25, -0.2) is 0 Å². The van der Waals surface area contributed by atoms with Crippen molar-refractivity contribution in [3.63, 3.8) is 0 Å². The van der Waals surface area contributed by atoms with Gasteiger partial charge in [-0.05, 0) is 0 Å². The van der Waals surface area contributed by atoms with E-state index in [0.29, 0.717) is 0 Å². The maximum absolute atomic E-state index is 2.48. The summed E-state index contributed by atoms with van der Waals surface area (Å²) in [5.41, 5.74) is 4.22. The molecule has 2 aromatic carbocycles. The Morgan fingerprint density at radius 2 is 1.24 bits per heavy atom. The molecule has 0 heterocycles. The van der Waals surface area contributed by atoms with Crippen molar-refractivity contribution in [2.45, 2.75) is 35.6 Å². The zero-order valence-corrected chi connectivity index (χ0v) is 14.7. The van der Waals surface area contributed by atoms with Gasteiger partial charge in [-0.1, -0.05) is 0 Å². The summed E-state index contributed by atoms with van der Waals surface area (Å²) in [5, 5.41) is 2.89. The summed E-state index contributed by atoms with van der Waals surface area (Å²) >= 11 is -1.95. The molecule has 0 aliphatic heterocycles. The molecule has 0 atom stereocenters. The van der Waals surface area contributed by atoms with Crippen molar-refractivity contribution in [2.75, 3.05) is 0 Å². The van der Waals surface area contributed by atoms with Gasteiger partial charge in [0.05, 0.1) is 0 Å². The van der Waals surface area contributed by atoms with Crippen LogP contribution in [-0.4, -0.2) is 18.4 Å². The molecule has 0 saturated carbocycles. The Morgan fingerprint density at radius 1 is 0.706 bits per heavy atom. The van der Waals surface area contributed by atoms with E-state index in [-0.39, 0.29) is 0 Å². The van der Waals surface area contributed by atoms with Crippen LogP contribution in [0.25, 0.3) is 10.8 Å². The molecule has 0 amide bonds. The maximum atomic E-state index is 2.48. The predicted molar refractivity (Wildman–Crippen MR) is 81.1 cm³/mol. The van der Waals surface area contributed by atoms with Crippen LogP contribution in [0.4, 0.5) is 0 Å². The molecule has 17 heavy (non-hydrogen) atoms. The molecule has 0 N–H and O–H groups in total. The molecule has 0 radical (unpaired) electrons. The number of rotatable bonds is 1. The number of hydrogen-bond acceptors (Lipinski definition) is 0. The number of fused-ring (bicyclic) bond motifs is 1. The Bertz CT molecular complexity index is 574. The zero-order chi connectivity index (χ0) is 12.8. The van der Waals surface area contributed by atoms with Crippen molar-refractivity contribution in [2.24, 2.45) is 0 Å². The molecule has 1 heteroatoms. The topological polar surface area (TPSA) is 0 Å². The van der Waals surface area contributed by atoms with E-state index < -0.39 is 18.4 Å². The minimum atomic E-state index is -1.95. The summed E-state index contributed by atoms with van der Waals surface area (Å²) in [6.45, 7) is 6.67. The number of benzene rings is 2. The zero-order valence-electron chi connectivity index (χ0n) is 11.8. The van der Waals surface area contributed by atoms with E-state index >= 15 is 0 Å². The van der Waals surface area contributed by atoms with Gasteiger partial charge in [-0.2, -0.15) is 0 Å². The van der Waals surface area contributed by atoms with Gasteiger partial charge in [0.2, 0.25) is 0 Å². The predicted octanol–water partition coefficient (Wildman–Crippen LogP) is 4.31. The van der Waals surface area contributed by atoms with E-state index in [9.17, 15) is 0 Å². The molecule has 0 saturated heterocycles. The molecule has 0 aromatic heterocycles. The van der Waals surface area contributed by atoms with Crippen molar-refractivity contribution in [1.29, 1.82) is 0 Å². The Hall–Kier alpha value is -0.501. The summed E-state index contributed by atoms with van der Waals surface area (Å²) in [5.74, 6) is 0. The summed E-state index contributed by atoms with van der Waals surface area (Å²) in [7, 11) is 0. The van der Waals surface area contributed by atoms with Crippen molar-refractivity contribution in [3.05, 3.63) is 41.0 Å². The van der Waals surface area contributed by atoms with Gasteiger partial charge in [0.1, 0.15) is 0 Å². The van der Waals surface area contributed by atoms with Crippen LogP contribution in [-0.2, 0) is 0 Å². The Balaban J connectivity index is 2.83. The number of aryl methyl sites for hydroxylation is 3. The van der Waals surface area contributed by atoms with Crippen LogP contribution in [0.2, 0.25) is 14.8 Å². The second-order valence-electron chi connectivity index (χ2n) is 6.22. The average molecular weight is 333 g/mol. The van der Waals surface area contributed by atoms with Gasteiger partial charge in [0.15, 0.2) is 0 Å². The Labute approximate surface area is 109 Å². The van der Waals surface area contributed by atoms with Crippen LogP contribution >= 0.6 is 0 Å². The number of hydrogen-bond donors (Lipinski definition) is 0. The molecule has 2 rings (SSSR count). The van der Waals surface area contributed by atoms with Gasteiger partial charge >= 0.3 is 109 Å². The second-order valence-corrected chi connectivity index (χ2v) is 20.7. The van der Waals surface area contributed by atoms with Crippen LogP contribution < -0.4 is 3.58 Å². The molecular formula is C16H22Sn. The minimum absolute atomic E-state index is 1.37. The fraction of sp³-hybridized carbons (Fsp3) is 0.375. The van der Waals surface area contributed by atoms with Crippen LogP contribution in [0, 0.1) is 20.8 Å². The van der Waals surface area contributed by atoms with Crippen LogP contribution in [0.3, 0.4) is 0 Å². The van der Waals surface area contributed by atoms with Crippen LogP contribution in [0.1, 0.15) is 16.7 Å². The molecule has 0 nitrogen and oxygen atoms in total. The quantitative estimate of drug-likeness (QED) is 0.682. The molecule has 0 aliphatic rings. The fourth-order valence-corrected chi connectivity index (χ4v) is 5.94. The van der Waals surface area contributed by atoms with Crippen LogP contribution in [0.15, 0.2) is 24.3 Å². The van der Waals surface area contributed by atoms with Crippen molar-refractivity contribution in [1.82, 2.24) is 0 Å². The summed E-state index contributed by atoms with van der Waals surface area (Å²) < 4.78 is 1.64. The first kappa shape index (κ1) is 12.9. The molecule has 0 unspecified atom stereocenters. The molecule has 0 aliphatic carbocycles. The third kappa shape index (κ3) is 2.52. The molecule has 0 bridgehead atoms. The van der Waals surface area contributed by atoms with Crippen molar-refractivity contribution < 1.29 is 0 Å². The molecule has 0 spiro atoms. The van der Waals surface area contributed by atoms with Crippen LogP contribution in [0.5, 0.6) is 0 Å². The SMILES string of the molecule is Cc1cc(C)c2c[c]([Sn]([CH3])([CH3])[CH3])cc(C)c2c1. The van der Waals surface area contributed by atoms with E-state index in [0.717, 1.165) is 0 Å². The molecule has 2 aromatic rings. The van der Waals surface area contributed by atoms with Gasteiger partial charge in [0, 0.05) is 0 Å². The van der Waals surface area contributed by atoms with Crippen molar-refractivity contribution >= 4 is 32.7 Å². The monoisotopic (exact) mass is 334 g/mol. The van der Waals surface area contributed by atoms with Gasteiger partial charge in [-0.3, -0.25) is 0 Å². The third-order valence-electron chi connectivity index (χ3n) is 3.49. The summed E-state index contributed by atoms with van der Waals surface area (Å²) in [6, 6.07) is 9.49. The van der Waals surface area contributed by atoms with E-state index in [1.165, 1.54) is 27.5 Å².